The van der Waals surface area contributed by atoms with Gasteiger partial charge in [0, 0.05) is 6.20 Å². The first-order valence-corrected chi connectivity index (χ1v) is 8.32. The summed E-state index contributed by atoms with van der Waals surface area (Å²) in [5, 5.41) is 1.59. The summed E-state index contributed by atoms with van der Waals surface area (Å²) in [6, 6.07) is 13.1. The number of methoxy groups -OCH3 is 1. The minimum Gasteiger partial charge on any atom is -0.467 e. The molecule has 1 amide bonds. The number of rotatable bonds is 5. The van der Waals surface area contributed by atoms with Crippen LogP contribution in [-0.2, 0) is 20.9 Å². The fraction of sp³-hybridized carbons (Fsp3) is 0.250. The minimum absolute atomic E-state index is 0.208. The fourth-order valence-electron chi connectivity index (χ4n) is 2.27. The number of amides is 1. The van der Waals surface area contributed by atoms with Gasteiger partial charge in [-0.3, -0.25) is 5.32 Å². The molecule has 0 fully saturated rings. The van der Waals surface area contributed by atoms with E-state index in [9.17, 15) is 22.8 Å². The Labute approximate surface area is 165 Å². The average molecular weight is 406 g/mol. The van der Waals surface area contributed by atoms with Crippen molar-refractivity contribution in [3.63, 3.8) is 0 Å². The second-order valence-electron chi connectivity index (χ2n) is 5.77. The molecule has 1 aromatic carbocycles. The SMILES string of the molecule is COC(=O)C(CC#Cc1ccccn1)(NC(=O)OCc1ccccc1)C(F)(F)F. The van der Waals surface area contributed by atoms with E-state index in [1.54, 1.807) is 47.8 Å². The van der Waals surface area contributed by atoms with Crippen molar-refractivity contribution in [2.45, 2.75) is 24.7 Å². The monoisotopic (exact) mass is 406 g/mol. The lowest BCUT2D eigenvalue weighted by Crippen LogP contribution is -2.64. The Kier molecular flexibility index (Phi) is 7.20. The number of carbonyl (C=O) groups is 2. The number of nitrogens with one attached hydrogen (secondary N) is 1. The normalized spacial score (nSPS) is 12.7. The first-order valence-electron chi connectivity index (χ1n) is 8.32. The van der Waals surface area contributed by atoms with Crippen LogP contribution < -0.4 is 5.32 Å². The lowest BCUT2D eigenvalue weighted by atomic mass is 9.94. The summed E-state index contributed by atoms with van der Waals surface area (Å²) in [7, 11) is 0.784. The van der Waals surface area contributed by atoms with Gasteiger partial charge in [0.2, 0.25) is 5.54 Å². The molecule has 1 heterocycles. The number of hydrogen-bond donors (Lipinski definition) is 1. The van der Waals surface area contributed by atoms with Gasteiger partial charge in [0.1, 0.15) is 12.3 Å². The molecule has 2 rings (SSSR count). The van der Waals surface area contributed by atoms with Crippen LogP contribution in [0.3, 0.4) is 0 Å². The van der Waals surface area contributed by atoms with E-state index in [-0.39, 0.29) is 12.3 Å². The minimum atomic E-state index is -5.19. The van der Waals surface area contributed by atoms with E-state index in [1.165, 1.54) is 12.3 Å². The van der Waals surface area contributed by atoms with Gasteiger partial charge in [-0.25, -0.2) is 14.6 Å². The highest BCUT2D eigenvalue weighted by atomic mass is 19.4. The molecule has 0 aliphatic heterocycles. The molecule has 0 aliphatic carbocycles. The molecular weight excluding hydrogens is 389 g/mol. The molecule has 1 atom stereocenters. The van der Waals surface area contributed by atoms with Gasteiger partial charge in [-0.1, -0.05) is 42.3 Å². The van der Waals surface area contributed by atoms with Gasteiger partial charge in [-0.05, 0) is 23.6 Å². The summed E-state index contributed by atoms with van der Waals surface area (Å²) in [5.74, 6) is 2.95. The highest BCUT2D eigenvalue weighted by molar-refractivity contribution is 5.87. The second kappa shape index (κ2) is 9.59. The number of nitrogens with zero attached hydrogens (tertiary/aromatic N) is 1. The average Bonchev–Trinajstić information content (AvgIpc) is 2.71. The number of alkyl carbamates (subject to hydrolysis) is 1. The van der Waals surface area contributed by atoms with Crippen LogP contribution in [0.2, 0.25) is 0 Å². The molecule has 0 bridgehead atoms. The van der Waals surface area contributed by atoms with Gasteiger partial charge in [-0.2, -0.15) is 13.2 Å². The van der Waals surface area contributed by atoms with Crippen LogP contribution in [0.5, 0.6) is 0 Å². The van der Waals surface area contributed by atoms with E-state index < -0.39 is 30.2 Å². The summed E-state index contributed by atoms with van der Waals surface area (Å²) in [6.07, 6.45) is -6.29. The van der Waals surface area contributed by atoms with Crippen molar-refractivity contribution in [1.29, 1.82) is 0 Å². The molecule has 0 spiro atoms. The molecule has 2 aromatic rings. The van der Waals surface area contributed by atoms with Crippen molar-refractivity contribution >= 4 is 12.1 Å². The number of hydrogen-bond acceptors (Lipinski definition) is 5. The number of esters is 1. The first-order chi connectivity index (χ1) is 13.8. The van der Waals surface area contributed by atoms with Crippen LogP contribution in [0.4, 0.5) is 18.0 Å². The number of aromatic nitrogens is 1. The summed E-state index contributed by atoms with van der Waals surface area (Å²) in [4.78, 5) is 27.9. The molecule has 6 nitrogen and oxygen atoms in total. The third-order valence-electron chi connectivity index (χ3n) is 3.78. The molecule has 0 aliphatic rings. The van der Waals surface area contributed by atoms with E-state index in [1.807, 2.05) is 0 Å². The summed E-state index contributed by atoms with van der Waals surface area (Å²) in [5.41, 5.74) is -2.62. The van der Waals surface area contributed by atoms with Crippen LogP contribution in [0.25, 0.3) is 0 Å². The van der Waals surface area contributed by atoms with Crippen LogP contribution in [0.1, 0.15) is 17.7 Å². The Morgan fingerprint density at radius 3 is 2.38 bits per heavy atom. The number of benzene rings is 1. The standard InChI is InChI=1S/C20H17F3N2O4/c1-28-17(26)19(20(21,22)23,12-7-11-16-10-5-6-13-24-16)25-18(27)29-14-15-8-3-2-4-9-15/h2-6,8-10,13H,12,14H2,1H3,(H,25,27). The zero-order valence-electron chi connectivity index (χ0n) is 15.3. The molecule has 0 radical (unpaired) electrons. The zero-order valence-corrected chi connectivity index (χ0v) is 15.3. The second-order valence-corrected chi connectivity index (χ2v) is 5.77. The molecule has 0 saturated heterocycles. The molecule has 0 saturated carbocycles. The molecule has 9 heteroatoms. The lowest BCUT2D eigenvalue weighted by molar-refractivity contribution is -0.209. The molecule has 1 N–H and O–H groups in total. The topological polar surface area (TPSA) is 77.5 Å². The Balaban J connectivity index is 2.22. The summed E-state index contributed by atoms with van der Waals surface area (Å²) >= 11 is 0. The van der Waals surface area contributed by atoms with Gasteiger partial charge in [0.05, 0.1) is 13.5 Å². The Morgan fingerprint density at radius 2 is 1.79 bits per heavy atom. The number of carbonyl (C=O) groups excluding carboxylic acids is 2. The molecule has 1 aromatic heterocycles. The van der Waals surface area contributed by atoms with E-state index >= 15 is 0 Å². The van der Waals surface area contributed by atoms with Crippen molar-refractivity contribution in [2.75, 3.05) is 7.11 Å². The summed E-state index contributed by atoms with van der Waals surface area (Å²) < 4.78 is 50.5. The Hall–Kier alpha value is -3.54. The predicted molar refractivity (Wildman–Crippen MR) is 96.3 cm³/mol. The molecule has 1 unspecified atom stereocenters. The Bertz CT molecular complexity index is 893. The van der Waals surface area contributed by atoms with Gasteiger partial charge in [0.25, 0.3) is 0 Å². The number of alkyl halides is 3. The maximum absolute atomic E-state index is 13.8. The van der Waals surface area contributed by atoms with E-state index in [4.69, 9.17) is 4.74 Å². The van der Waals surface area contributed by atoms with Gasteiger partial charge < -0.3 is 9.47 Å². The van der Waals surface area contributed by atoms with Crippen molar-refractivity contribution in [1.82, 2.24) is 10.3 Å². The fourth-order valence-corrected chi connectivity index (χ4v) is 2.27. The third kappa shape index (κ3) is 5.72. The number of pyridine rings is 1. The lowest BCUT2D eigenvalue weighted by Gasteiger charge is -2.31. The van der Waals surface area contributed by atoms with Gasteiger partial charge in [-0.15, -0.1) is 0 Å². The largest absolute Gasteiger partial charge is 0.467 e. The number of halogens is 3. The third-order valence-corrected chi connectivity index (χ3v) is 3.78. The van der Waals surface area contributed by atoms with Crippen molar-refractivity contribution in [2.24, 2.45) is 0 Å². The zero-order chi connectivity index (χ0) is 21.3. The smallest absolute Gasteiger partial charge is 0.423 e. The van der Waals surface area contributed by atoms with E-state index in [0.717, 1.165) is 7.11 Å². The maximum Gasteiger partial charge on any atom is 0.423 e. The van der Waals surface area contributed by atoms with Crippen LogP contribution in [0.15, 0.2) is 54.7 Å². The van der Waals surface area contributed by atoms with Crippen molar-refractivity contribution < 1.29 is 32.2 Å². The van der Waals surface area contributed by atoms with E-state index in [2.05, 4.69) is 21.6 Å². The molecular formula is C20H17F3N2O4. The maximum atomic E-state index is 13.8. The van der Waals surface area contributed by atoms with Crippen LogP contribution in [0, 0.1) is 11.8 Å². The molecule has 152 valence electrons. The number of ether oxygens (including phenoxy) is 2. The van der Waals surface area contributed by atoms with Gasteiger partial charge in [0.15, 0.2) is 0 Å². The van der Waals surface area contributed by atoms with Crippen molar-refractivity contribution in [3.8, 4) is 11.8 Å². The highest BCUT2D eigenvalue weighted by Gasteiger charge is 2.62. The quantitative estimate of drug-likeness (QED) is 0.610. The Morgan fingerprint density at radius 1 is 1.10 bits per heavy atom. The first kappa shape index (κ1) is 21.8. The van der Waals surface area contributed by atoms with Crippen LogP contribution in [-0.4, -0.2) is 35.9 Å². The molecule has 29 heavy (non-hydrogen) atoms. The van der Waals surface area contributed by atoms with Gasteiger partial charge >= 0.3 is 18.2 Å². The summed E-state index contributed by atoms with van der Waals surface area (Å²) in [6.45, 7) is -0.276. The van der Waals surface area contributed by atoms with E-state index in [0.29, 0.717) is 5.56 Å². The van der Waals surface area contributed by atoms with Crippen LogP contribution >= 0.6 is 0 Å². The van der Waals surface area contributed by atoms with Crippen molar-refractivity contribution in [3.05, 3.63) is 66.0 Å². The highest BCUT2D eigenvalue weighted by Crippen LogP contribution is 2.34. The predicted octanol–water partition coefficient (Wildman–Crippen LogP) is 3.22.